The van der Waals surface area contributed by atoms with E-state index in [9.17, 15) is 4.79 Å². The van der Waals surface area contributed by atoms with Crippen LogP contribution in [0.2, 0.25) is 0 Å². The Morgan fingerprint density at radius 1 is 1.59 bits per heavy atom. The number of aromatic nitrogens is 1. The summed E-state index contributed by atoms with van der Waals surface area (Å²) in [6.07, 6.45) is 9.69. The van der Waals surface area contributed by atoms with Crippen molar-refractivity contribution in [2.75, 3.05) is 18.0 Å². The summed E-state index contributed by atoms with van der Waals surface area (Å²) in [5.41, 5.74) is 1.50. The van der Waals surface area contributed by atoms with Gasteiger partial charge >= 0.3 is 0 Å². The normalized spacial score (nSPS) is 14.1. The van der Waals surface area contributed by atoms with Crippen molar-refractivity contribution >= 4 is 11.5 Å². The molecule has 0 bridgehead atoms. The Hall–Kier alpha value is -1.82. The van der Waals surface area contributed by atoms with Gasteiger partial charge in [0.15, 0.2) is 5.78 Å². The Morgan fingerprint density at radius 2 is 2.35 bits per heavy atom. The number of rotatable bonds is 5. The van der Waals surface area contributed by atoms with Gasteiger partial charge in [0.2, 0.25) is 0 Å². The maximum Gasteiger partial charge on any atom is 0.178 e. The van der Waals surface area contributed by atoms with E-state index in [1.54, 1.807) is 12.3 Å². The summed E-state index contributed by atoms with van der Waals surface area (Å²) in [5.74, 6) is 3.43. The molecule has 3 nitrogen and oxygen atoms in total. The van der Waals surface area contributed by atoms with E-state index in [4.69, 9.17) is 6.42 Å². The molecule has 88 valence electrons. The lowest BCUT2D eigenvalue weighted by atomic mass is 10.2. The lowest BCUT2D eigenvalue weighted by molar-refractivity contribution is 0.101. The number of nitrogens with zero attached hydrogens (tertiary/aromatic N) is 2. The molecule has 0 aromatic carbocycles. The Balaban J connectivity index is 2.11. The van der Waals surface area contributed by atoms with Crippen molar-refractivity contribution in [1.29, 1.82) is 0 Å². The molecular formula is C14H16N2O. The number of pyridine rings is 1. The zero-order valence-electron chi connectivity index (χ0n) is 10.0. The van der Waals surface area contributed by atoms with E-state index in [0.29, 0.717) is 12.2 Å². The summed E-state index contributed by atoms with van der Waals surface area (Å²) >= 11 is 0. The van der Waals surface area contributed by atoms with E-state index in [-0.39, 0.29) is 5.78 Å². The standard InChI is InChI=1S/C14H16N2O/c1-3-8-16(10-12-4-5-12)13-6-7-14(11(2)17)15-9-13/h1,6-7,9,12H,4-5,8,10H2,2H3. The first-order chi connectivity index (χ1) is 8.20. The predicted octanol–water partition coefficient (Wildman–Crippen LogP) is 2.13. The van der Waals surface area contributed by atoms with E-state index >= 15 is 0 Å². The van der Waals surface area contributed by atoms with Gasteiger partial charge in [0.25, 0.3) is 0 Å². The van der Waals surface area contributed by atoms with Crippen LogP contribution in [0, 0.1) is 18.3 Å². The fourth-order valence-electron chi connectivity index (χ4n) is 1.76. The number of hydrogen-bond acceptors (Lipinski definition) is 3. The molecule has 0 unspecified atom stereocenters. The van der Waals surface area contributed by atoms with E-state index in [1.807, 2.05) is 6.07 Å². The van der Waals surface area contributed by atoms with Gasteiger partial charge in [-0.2, -0.15) is 0 Å². The topological polar surface area (TPSA) is 33.2 Å². The molecule has 1 aliphatic carbocycles. The van der Waals surface area contributed by atoms with E-state index < -0.39 is 0 Å². The minimum absolute atomic E-state index is 0.0118. The lowest BCUT2D eigenvalue weighted by Gasteiger charge is -2.21. The average Bonchev–Trinajstić information content (AvgIpc) is 3.13. The highest BCUT2D eigenvalue weighted by atomic mass is 16.1. The summed E-state index contributed by atoms with van der Waals surface area (Å²) in [5, 5.41) is 0. The van der Waals surface area contributed by atoms with E-state index in [0.717, 1.165) is 18.2 Å². The minimum atomic E-state index is -0.0118. The number of carbonyl (C=O) groups excluding carboxylic acids is 1. The van der Waals surface area contributed by atoms with Crippen LogP contribution in [0.15, 0.2) is 18.3 Å². The van der Waals surface area contributed by atoms with E-state index in [2.05, 4.69) is 15.8 Å². The second-order valence-corrected chi connectivity index (χ2v) is 4.49. The van der Waals surface area contributed by atoms with Crippen LogP contribution < -0.4 is 4.90 Å². The van der Waals surface area contributed by atoms with Crippen molar-refractivity contribution in [2.24, 2.45) is 5.92 Å². The molecule has 0 saturated heterocycles. The van der Waals surface area contributed by atoms with Gasteiger partial charge in [0.1, 0.15) is 5.69 Å². The smallest absolute Gasteiger partial charge is 0.178 e. The molecule has 1 fully saturated rings. The van der Waals surface area contributed by atoms with Crippen molar-refractivity contribution in [2.45, 2.75) is 19.8 Å². The molecule has 0 aliphatic heterocycles. The summed E-state index contributed by atoms with van der Waals surface area (Å²) in [6.45, 7) is 3.11. The quantitative estimate of drug-likeness (QED) is 0.572. The van der Waals surface area contributed by atoms with E-state index in [1.165, 1.54) is 19.8 Å². The molecule has 0 spiro atoms. The fraction of sp³-hybridized carbons (Fsp3) is 0.429. The molecule has 17 heavy (non-hydrogen) atoms. The number of anilines is 1. The van der Waals surface area contributed by atoms with Crippen molar-refractivity contribution < 1.29 is 4.79 Å². The Morgan fingerprint density at radius 3 is 2.82 bits per heavy atom. The lowest BCUT2D eigenvalue weighted by Crippen LogP contribution is -2.26. The molecule has 1 aromatic rings. The minimum Gasteiger partial charge on any atom is -0.359 e. The molecule has 1 saturated carbocycles. The van der Waals surface area contributed by atoms with Gasteiger partial charge in [0.05, 0.1) is 18.4 Å². The highest BCUT2D eigenvalue weighted by molar-refractivity contribution is 5.92. The zero-order valence-corrected chi connectivity index (χ0v) is 10.0. The van der Waals surface area contributed by atoms with Crippen LogP contribution in [-0.4, -0.2) is 23.9 Å². The molecule has 0 radical (unpaired) electrons. The van der Waals surface area contributed by atoms with Gasteiger partial charge in [-0.3, -0.25) is 9.78 Å². The molecule has 1 aliphatic rings. The molecule has 0 N–H and O–H groups in total. The first kappa shape index (κ1) is 11.7. The summed E-state index contributed by atoms with van der Waals surface area (Å²) in [4.78, 5) is 17.4. The molecule has 1 heterocycles. The highest BCUT2D eigenvalue weighted by Crippen LogP contribution is 2.31. The number of ketones is 1. The van der Waals surface area contributed by atoms with Gasteiger partial charge in [-0.05, 0) is 30.9 Å². The first-order valence-corrected chi connectivity index (χ1v) is 5.86. The molecule has 0 amide bonds. The van der Waals surface area contributed by atoms with Gasteiger partial charge in [-0.1, -0.05) is 5.92 Å². The van der Waals surface area contributed by atoms with Crippen LogP contribution in [0.3, 0.4) is 0 Å². The van der Waals surface area contributed by atoms with Gasteiger partial charge in [-0.15, -0.1) is 6.42 Å². The van der Waals surface area contributed by atoms with Gasteiger partial charge in [-0.25, -0.2) is 0 Å². The molecule has 2 rings (SSSR count). The van der Waals surface area contributed by atoms with Crippen molar-refractivity contribution in [3.63, 3.8) is 0 Å². The fourth-order valence-corrected chi connectivity index (χ4v) is 1.76. The second kappa shape index (κ2) is 5.01. The largest absolute Gasteiger partial charge is 0.359 e. The second-order valence-electron chi connectivity index (χ2n) is 4.49. The third-order valence-corrected chi connectivity index (χ3v) is 2.93. The van der Waals surface area contributed by atoms with Crippen LogP contribution in [0.1, 0.15) is 30.3 Å². The van der Waals surface area contributed by atoms with Crippen molar-refractivity contribution in [1.82, 2.24) is 4.98 Å². The van der Waals surface area contributed by atoms with Crippen molar-refractivity contribution in [3.8, 4) is 12.3 Å². The maximum absolute atomic E-state index is 11.1. The number of hydrogen-bond donors (Lipinski definition) is 0. The van der Waals surface area contributed by atoms with Crippen LogP contribution in [-0.2, 0) is 0 Å². The summed E-state index contributed by atoms with van der Waals surface area (Å²) in [7, 11) is 0. The van der Waals surface area contributed by atoms with Gasteiger partial charge < -0.3 is 4.90 Å². The van der Waals surface area contributed by atoms with Crippen LogP contribution in [0.25, 0.3) is 0 Å². The predicted molar refractivity (Wildman–Crippen MR) is 68.0 cm³/mol. The monoisotopic (exact) mass is 228 g/mol. The summed E-state index contributed by atoms with van der Waals surface area (Å²) < 4.78 is 0. The van der Waals surface area contributed by atoms with Crippen molar-refractivity contribution in [3.05, 3.63) is 24.0 Å². The number of carbonyl (C=O) groups is 1. The number of Topliss-reactive ketones (excluding diaryl/α,β-unsaturated/α-hetero) is 1. The average molecular weight is 228 g/mol. The molecule has 0 atom stereocenters. The highest BCUT2D eigenvalue weighted by Gasteiger charge is 2.24. The van der Waals surface area contributed by atoms with Crippen LogP contribution >= 0.6 is 0 Å². The Bertz CT molecular complexity index is 440. The Kier molecular flexibility index (Phi) is 3.43. The Labute approximate surface area is 102 Å². The van der Waals surface area contributed by atoms with Crippen LogP contribution in [0.5, 0.6) is 0 Å². The maximum atomic E-state index is 11.1. The first-order valence-electron chi connectivity index (χ1n) is 5.86. The number of terminal acetylenes is 1. The molecular weight excluding hydrogens is 212 g/mol. The molecule has 3 heteroatoms. The third kappa shape index (κ3) is 3.07. The van der Waals surface area contributed by atoms with Gasteiger partial charge in [0, 0.05) is 13.5 Å². The third-order valence-electron chi connectivity index (χ3n) is 2.93. The SMILES string of the molecule is C#CCN(CC1CC1)c1ccc(C(C)=O)nc1. The summed E-state index contributed by atoms with van der Waals surface area (Å²) in [6, 6.07) is 3.68. The van der Waals surface area contributed by atoms with Crippen LogP contribution in [0.4, 0.5) is 5.69 Å². The molecule has 1 aromatic heterocycles. The zero-order chi connectivity index (χ0) is 12.3.